The van der Waals surface area contributed by atoms with E-state index in [-0.39, 0.29) is 52.1 Å². The van der Waals surface area contributed by atoms with Crippen molar-refractivity contribution >= 4 is 39.3 Å². The van der Waals surface area contributed by atoms with Gasteiger partial charge in [-0.25, -0.2) is 8.42 Å². The van der Waals surface area contributed by atoms with Gasteiger partial charge in [0.25, 0.3) is 0 Å². The second-order valence-electron chi connectivity index (χ2n) is 11.0. The number of methoxy groups -OCH3 is 1. The van der Waals surface area contributed by atoms with Crippen molar-refractivity contribution in [3.05, 3.63) is 0 Å². The molecule has 5 aliphatic heterocycles. The predicted molar refractivity (Wildman–Crippen MR) is 142 cm³/mol. The van der Waals surface area contributed by atoms with E-state index in [0.717, 1.165) is 32.2 Å². The number of piperidine rings is 3. The van der Waals surface area contributed by atoms with E-state index < -0.39 is 15.4 Å². The van der Waals surface area contributed by atoms with E-state index in [0.29, 0.717) is 38.6 Å². The molecule has 10 nitrogen and oxygen atoms in total. The van der Waals surface area contributed by atoms with Crippen LogP contribution in [0.2, 0.25) is 0 Å². The third-order valence-corrected chi connectivity index (χ3v) is 12.5. The van der Waals surface area contributed by atoms with Gasteiger partial charge >= 0.3 is 0 Å². The third-order valence-electron chi connectivity index (χ3n) is 8.68. The number of halogens is 1. The molecule has 0 bridgehead atoms. The zero-order chi connectivity index (χ0) is 25.4. The first-order valence-corrected chi connectivity index (χ1v) is 16.2. The van der Waals surface area contributed by atoms with Crippen molar-refractivity contribution in [1.82, 2.24) is 30.9 Å². The zero-order valence-electron chi connectivity index (χ0n) is 21.1. The number of fused-ring (bicyclic) bond motifs is 1. The molecule has 5 aliphatic rings. The molecular formula is C23H41ClN6O4S2. The summed E-state index contributed by atoms with van der Waals surface area (Å²) in [6.07, 6.45) is 4.38. The molecule has 0 aromatic heterocycles. The molecule has 1 amide bonds. The van der Waals surface area contributed by atoms with Gasteiger partial charge in [-0.3, -0.25) is 20.7 Å². The van der Waals surface area contributed by atoms with Crippen LogP contribution in [0.25, 0.3) is 0 Å². The Kier molecular flexibility index (Phi) is 8.76. The van der Waals surface area contributed by atoms with Gasteiger partial charge in [0.05, 0.1) is 17.5 Å². The van der Waals surface area contributed by atoms with Gasteiger partial charge in [-0.15, -0.1) is 23.4 Å². The number of nitrogens with zero attached hydrogens (tertiary/aromatic N) is 1. The highest BCUT2D eigenvalue weighted by atomic mass is 35.5. The third kappa shape index (κ3) is 5.72. The largest absolute Gasteiger partial charge is 0.380 e. The molecule has 10 unspecified atom stereocenters. The normalized spacial score (nSPS) is 44.3. The zero-order valence-corrected chi connectivity index (χ0v) is 23.5. The summed E-state index contributed by atoms with van der Waals surface area (Å²) in [7, 11) is -1.62. The molecule has 13 heteroatoms. The molecular weight excluding hydrogens is 524 g/mol. The number of alkyl halides is 1. The predicted octanol–water partition coefficient (Wildman–Crippen LogP) is 0.00840. The van der Waals surface area contributed by atoms with Crippen LogP contribution in [0, 0.1) is 17.8 Å². The molecule has 0 aromatic rings. The SMILES string of the molecule is COC1CNC(Cl)CC1C1CC(C)NCC1C(=O)NC1NC2CN(S(=O)(=O)C3CCCCN3)CC2S1. The number of carbonyl (C=O) groups is 1. The monoisotopic (exact) mass is 564 g/mol. The summed E-state index contributed by atoms with van der Waals surface area (Å²) in [5.41, 5.74) is -0.318. The van der Waals surface area contributed by atoms with Crippen LogP contribution < -0.4 is 26.6 Å². The van der Waals surface area contributed by atoms with Crippen LogP contribution in [0.3, 0.4) is 0 Å². The molecule has 0 saturated carbocycles. The van der Waals surface area contributed by atoms with Crippen molar-refractivity contribution in [1.29, 1.82) is 0 Å². The number of rotatable bonds is 6. The van der Waals surface area contributed by atoms with Gasteiger partial charge in [0, 0.05) is 50.6 Å². The maximum Gasteiger partial charge on any atom is 0.230 e. The molecule has 0 radical (unpaired) electrons. The van der Waals surface area contributed by atoms with Gasteiger partial charge in [0.1, 0.15) is 10.9 Å². The van der Waals surface area contributed by atoms with E-state index in [1.807, 2.05) is 0 Å². The van der Waals surface area contributed by atoms with Crippen molar-refractivity contribution in [3.8, 4) is 0 Å². The van der Waals surface area contributed by atoms with E-state index in [1.54, 1.807) is 23.2 Å². The Morgan fingerprint density at radius 1 is 1.11 bits per heavy atom. The van der Waals surface area contributed by atoms with Gasteiger partial charge in [0.2, 0.25) is 15.9 Å². The van der Waals surface area contributed by atoms with Crippen molar-refractivity contribution in [2.24, 2.45) is 17.8 Å². The fraction of sp³-hybridized carbons (Fsp3) is 0.957. The molecule has 0 aromatic carbocycles. The Balaban J connectivity index is 1.18. The average Bonchev–Trinajstić information content (AvgIpc) is 3.44. The number of hydrogen-bond acceptors (Lipinski definition) is 9. The quantitative estimate of drug-likeness (QED) is 0.224. The lowest BCUT2D eigenvalue weighted by Gasteiger charge is -2.45. The topological polar surface area (TPSA) is 124 Å². The highest BCUT2D eigenvalue weighted by Gasteiger charge is 2.49. The van der Waals surface area contributed by atoms with E-state index >= 15 is 0 Å². The molecule has 5 N–H and O–H groups in total. The molecule has 206 valence electrons. The maximum absolute atomic E-state index is 13.5. The van der Waals surface area contributed by atoms with Crippen molar-refractivity contribution < 1.29 is 17.9 Å². The lowest BCUT2D eigenvalue weighted by atomic mass is 9.70. The van der Waals surface area contributed by atoms with E-state index in [4.69, 9.17) is 16.3 Å². The fourth-order valence-corrected chi connectivity index (χ4v) is 10.4. The summed E-state index contributed by atoms with van der Waals surface area (Å²) in [4.78, 5) is 13.5. The molecule has 0 spiro atoms. The summed E-state index contributed by atoms with van der Waals surface area (Å²) in [6, 6.07) is 0.378. The lowest BCUT2D eigenvalue weighted by molar-refractivity contribution is -0.130. The number of carbonyl (C=O) groups excluding carboxylic acids is 1. The maximum atomic E-state index is 13.5. The van der Waals surface area contributed by atoms with Crippen LogP contribution in [0.4, 0.5) is 0 Å². The van der Waals surface area contributed by atoms with E-state index in [9.17, 15) is 13.2 Å². The minimum absolute atomic E-state index is 0.0375. The van der Waals surface area contributed by atoms with Gasteiger partial charge in [-0.1, -0.05) is 0 Å². The smallest absolute Gasteiger partial charge is 0.230 e. The first kappa shape index (κ1) is 27.4. The highest BCUT2D eigenvalue weighted by molar-refractivity contribution is 8.00. The Morgan fingerprint density at radius 3 is 2.67 bits per heavy atom. The summed E-state index contributed by atoms with van der Waals surface area (Å²) < 4.78 is 33.6. The Labute approximate surface area is 224 Å². The van der Waals surface area contributed by atoms with Crippen LogP contribution in [0.1, 0.15) is 39.0 Å². The number of nitrogens with one attached hydrogen (secondary N) is 5. The second kappa shape index (κ2) is 11.5. The van der Waals surface area contributed by atoms with Gasteiger partial charge in [-0.2, -0.15) is 4.31 Å². The number of hydrogen-bond donors (Lipinski definition) is 5. The van der Waals surface area contributed by atoms with E-state index in [2.05, 4.69) is 33.5 Å². The lowest BCUT2D eigenvalue weighted by Crippen LogP contribution is -2.57. The Morgan fingerprint density at radius 2 is 1.94 bits per heavy atom. The van der Waals surface area contributed by atoms with Crippen molar-refractivity contribution in [2.75, 3.05) is 39.8 Å². The van der Waals surface area contributed by atoms with Crippen molar-refractivity contribution in [3.63, 3.8) is 0 Å². The first-order valence-electron chi connectivity index (χ1n) is 13.3. The van der Waals surface area contributed by atoms with Gasteiger partial charge < -0.3 is 15.4 Å². The summed E-state index contributed by atoms with van der Waals surface area (Å²) in [5, 5.41) is 16.3. The first-order chi connectivity index (χ1) is 17.3. The highest BCUT2D eigenvalue weighted by Crippen LogP contribution is 2.39. The standard InChI is InChI=1S/C23H41ClN6O4S2/c1-13-7-14(15-8-20(24)27-10-18(15)34-2)16(9-26-13)22(31)29-23-28-17-11-30(12-19(17)35-23)36(32,33)21-5-3-4-6-25-21/h13-21,23,25-28H,3-12H2,1-2H3,(H,29,31). The van der Waals surface area contributed by atoms with Crippen LogP contribution in [-0.2, 0) is 19.6 Å². The van der Waals surface area contributed by atoms with E-state index in [1.165, 1.54) is 0 Å². The number of sulfonamides is 1. The second-order valence-corrected chi connectivity index (χ2v) is 15.0. The number of amides is 1. The summed E-state index contributed by atoms with van der Waals surface area (Å²) >= 11 is 8.09. The number of thioether (sulfide) groups is 1. The average molecular weight is 565 g/mol. The fourth-order valence-electron chi connectivity index (χ4n) is 6.69. The Hall–Kier alpha value is -0.180. The van der Waals surface area contributed by atoms with Crippen LogP contribution in [0.15, 0.2) is 0 Å². The molecule has 5 rings (SSSR count). The van der Waals surface area contributed by atoms with Crippen LogP contribution >= 0.6 is 23.4 Å². The molecule has 36 heavy (non-hydrogen) atoms. The van der Waals surface area contributed by atoms with Crippen molar-refractivity contribution in [2.45, 2.75) is 78.8 Å². The minimum atomic E-state index is -3.35. The summed E-state index contributed by atoms with van der Waals surface area (Å²) in [5.74, 6) is 0.279. The molecule has 5 heterocycles. The molecule has 0 aliphatic carbocycles. The van der Waals surface area contributed by atoms with Crippen LogP contribution in [-0.4, -0.2) is 98.3 Å². The van der Waals surface area contributed by atoms with Gasteiger partial charge in [0.15, 0.2) is 0 Å². The van der Waals surface area contributed by atoms with Gasteiger partial charge in [-0.05, 0) is 57.4 Å². The minimum Gasteiger partial charge on any atom is -0.380 e. The Bertz CT molecular complexity index is 880. The molecule has 10 atom stereocenters. The molecule has 5 saturated heterocycles. The number of ether oxygens (including phenoxy) is 1. The molecule has 5 fully saturated rings. The van der Waals surface area contributed by atoms with Crippen LogP contribution in [0.5, 0.6) is 0 Å². The summed E-state index contributed by atoms with van der Waals surface area (Å²) in [6.45, 7) is 5.20.